The summed E-state index contributed by atoms with van der Waals surface area (Å²) in [5.74, 6) is 0.277. The Morgan fingerprint density at radius 1 is 1.42 bits per heavy atom. The van der Waals surface area contributed by atoms with E-state index in [1.54, 1.807) is 6.07 Å². The van der Waals surface area contributed by atoms with E-state index in [4.69, 9.17) is 4.74 Å². The lowest BCUT2D eigenvalue weighted by Gasteiger charge is -2.18. The number of nitrogens with one attached hydrogen (secondary N) is 1. The van der Waals surface area contributed by atoms with Gasteiger partial charge < -0.3 is 15.0 Å². The van der Waals surface area contributed by atoms with Crippen LogP contribution in [0, 0.1) is 5.92 Å². The van der Waals surface area contributed by atoms with Crippen molar-refractivity contribution >= 4 is 17.5 Å². The van der Waals surface area contributed by atoms with Gasteiger partial charge in [0.2, 0.25) is 11.8 Å². The van der Waals surface area contributed by atoms with Gasteiger partial charge >= 0.3 is 0 Å². The number of hydrogen-bond acceptors (Lipinski definition) is 3. The zero-order valence-corrected chi connectivity index (χ0v) is 14.5. The molecule has 1 N–H and O–H groups in total. The van der Waals surface area contributed by atoms with Crippen LogP contribution in [0.2, 0.25) is 0 Å². The number of carbonyl (C=O) groups is 2. The second kappa shape index (κ2) is 8.64. The van der Waals surface area contributed by atoms with Gasteiger partial charge in [-0.15, -0.1) is 0 Å². The number of ether oxygens (including phenoxy) is 1. The van der Waals surface area contributed by atoms with Gasteiger partial charge in [0.1, 0.15) is 0 Å². The van der Waals surface area contributed by atoms with Crippen LogP contribution in [-0.2, 0) is 20.7 Å². The van der Waals surface area contributed by atoms with Gasteiger partial charge in [-0.1, -0.05) is 38.6 Å². The summed E-state index contributed by atoms with van der Waals surface area (Å²) in [6.45, 7) is 9.78. The SMILES string of the molecule is C=CC(=O)Nc1ccccc1CC(=O)N1CCC(OCC(C)C)C1. The molecule has 130 valence electrons. The third-order valence-electron chi connectivity index (χ3n) is 3.97. The van der Waals surface area contributed by atoms with Crippen LogP contribution in [0.5, 0.6) is 0 Å². The van der Waals surface area contributed by atoms with Crippen molar-refractivity contribution in [2.75, 3.05) is 25.0 Å². The lowest BCUT2D eigenvalue weighted by Crippen LogP contribution is -2.32. The molecule has 1 fully saturated rings. The normalized spacial score (nSPS) is 17.1. The van der Waals surface area contributed by atoms with E-state index in [1.165, 1.54) is 6.08 Å². The number of carbonyl (C=O) groups excluding carboxylic acids is 2. The monoisotopic (exact) mass is 330 g/mol. The largest absolute Gasteiger partial charge is 0.376 e. The topological polar surface area (TPSA) is 58.6 Å². The second-order valence-corrected chi connectivity index (χ2v) is 6.50. The summed E-state index contributed by atoms with van der Waals surface area (Å²) in [6.07, 6.45) is 2.50. The summed E-state index contributed by atoms with van der Waals surface area (Å²) in [4.78, 5) is 25.9. The molecule has 2 rings (SSSR count). The maximum Gasteiger partial charge on any atom is 0.247 e. The molecule has 0 aliphatic carbocycles. The molecule has 1 aliphatic heterocycles. The molecule has 5 heteroatoms. The predicted octanol–water partition coefficient (Wildman–Crippen LogP) is 2.63. The van der Waals surface area contributed by atoms with Gasteiger partial charge in [0.15, 0.2) is 0 Å². The first-order valence-corrected chi connectivity index (χ1v) is 8.40. The van der Waals surface area contributed by atoms with Crippen LogP contribution in [0.1, 0.15) is 25.8 Å². The minimum absolute atomic E-state index is 0.0611. The Labute approximate surface area is 143 Å². The Bertz CT molecular complexity index is 598. The molecular weight excluding hydrogens is 304 g/mol. The number of para-hydroxylation sites is 1. The molecule has 1 aliphatic rings. The zero-order valence-electron chi connectivity index (χ0n) is 14.5. The van der Waals surface area contributed by atoms with E-state index in [9.17, 15) is 9.59 Å². The van der Waals surface area contributed by atoms with E-state index in [0.29, 0.717) is 18.2 Å². The first-order valence-electron chi connectivity index (χ1n) is 8.40. The second-order valence-electron chi connectivity index (χ2n) is 6.50. The average Bonchev–Trinajstić information content (AvgIpc) is 3.03. The third-order valence-corrected chi connectivity index (χ3v) is 3.97. The third kappa shape index (κ3) is 5.20. The van der Waals surface area contributed by atoms with Crippen molar-refractivity contribution in [2.24, 2.45) is 5.92 Å². The molecule has 1 aromatic rings. The van der Waals surface area contributed by atoms with Crippen molar-refractivity contribution in [3.63, 3.8) is 0 Å². The lowest BCUT2D eigenvalue weighted by molar-refractivity contribution is -0.130. The molecule has 24 heavy (non-hydrogen) atoms. The van der Waals surface area contributed by atoms with Crippen LogP contribution < -0.4 is 5.32 Å². The number of nitrogens with zero attached hydrogens (tertiary/aromatic N) is 1. The maximum atomic E-state index is 12.5. The van der Waals surface area contributed by atoms with E-state index in [1.807, 2.05) is 23.1 Å². The molecular formula is C19H26N2O3. The van der Waals surface area contributed by atoms with Crippen molar-refractivity contribution < 1.29 is 14.3 Å². The highest BCUT2D eigenvalue weighted by Crippen LogP contribution is 2.19. The fourth-order valence-corrected chi connectivity index (χ4v) is 2.67. The van der Waals surface area contributed by atoms with Gasteiger partial charge in [-0.2, -0.15) is 0 Å². The van der Waals surface area contributed by atoms with Crippen molar-refractivity contribution in [1.82, 2.24) is 4.90 Å². The molecule has 2 amide bonds. The molecule has 5 nitrogen and oxygen atoms in total. The quantitative estimate of drug-likeness (QED) is 0.782. The number of benzene rings is 1. The Balaban J connectivity index is 1.93. The van der Waals surface area contributed by atoms with Gasteiger partial charge in [-0.05, 0) is 30.0 Å². The molecule has 1 unspecified atom stereocenters. The Morgan fingerprint density at radius 2 is 2.17 bits per heavy atom. The highest BCUT2D eigenvalue weighted by Gasteiger charge is 2.27. The number of anilines is 1. The molecule has 1 atom stereocenters. The molecule has 0 radical (unpaired) electrons. The van der Waals surface area contributed by atoms with Gasteiger partial charge in [-0.25, -0.2) is 0 Å². The Morgan fingerprint density at radius 3 is 2.88 bits per heavy atom. The van der Waals surface area contributed by atoms with Crippen LogP contribution in [-0.4, -0.2) is 42.5 Å². The first-order chi connectivity index (χ1) is 11.5. The molecule has 0 spiro atoms. The van der Waals surface area contributed by atoms with Crippen LogP contribution in [0.15, 0.2) is 36.9 Å². The maximum absolute atomic E-state index is 12.5. The van der Waals surface area contributed by atoms with Gasteiger partial charge in [0, 0.05) is 25.4 Å². The smallest absolute Gasteiger partial charge is 0.247 e. The standard InChI is InChI=1S/C19H26N2O3/c1-4-18(22)20-17-8-6-5-7-15(17)11-19(23)21-10-9-16(12-21)24-13-14(2)3/h4-8,14,16H,1,9-13H2,2-3H3,(H,20,22). The summed E-state index contributed by atoms with van der Waals surface area (Å²) < 4.78 is 5.82. The summed E-state index contributed by atoms with van der Waals surface area (Å²) in [5.41, 5.74) is 1.46. The molecule has 1 heterocycles. The Hall–Kier alpha value is -2.14. The number of likely N-dealkylation sites (tertiary alicyclic amines) is 1. The highest BCUT2D eigenvalue weighted by atomic mass is 16.5. The van der Waals surface area contributed by atoms with E-state index in [0.717, 1.165) is 25.1 Å². The molecule has 0 saturated carbocycles. The lowest BCUT2D eigenvalue weighted by atomic mass is 10.1. The van der Waals surface area contributed by atoms with Crippen molar-refractivity contribution in [2.45, 2.75) is 32.8 Å². The zero-order chi connectivity index (χ0) is 17.5. The summed E-state index contributed by atoms with van der Waals surface area (Å²) in [5, 5.41) is 2.75. The van der Waals surface area contributed by atoms with Gasteiger partial charge in [0.05, 0.1) is 12.5 Å². The van der Waals surface area contributed by atoms with Crippen molar-refractivity contribution in [1.29, 1.82) is 0 Å². The summed E-state index contributed by atoms with van der Waals surface area (Å²) in [6, 6.07) is 7.35. The number of rotatable bonds is 7. The Kier molecular flexibility index (Phi) is 6.55. The van der Waals surface area contributed by atoms with Gasteiger partial charge in [0.25, 0.3) is 0 Å². The fourth-order valence-electron chi connectivity index (χ4n) is 2.67. The van der Waals surface area contributed by atoms with Crippen molar-refractivity contribution in [3.05, 3.63) is 42.5 Å². The van der Waals surface area contributed by atoms with Crippen molar-refractivity contribution in [3.8, 4) is 0 Å². The van der Waals surface area contributed by atoms with Crippen LogP contribution >= 0.6 is 0 Å². The predicted molar refractivity (Wildman–Crippen MR) is 94.7 cm³/mol. The minimum Gasteiger partial charge on any atom is -0.376 e. The minimum atomic E-state index is -0.279. The van der Waals surface area contributed by atoms with E-state index in [2.05, 4.69) is 25.7 Å². The van der Waals surface area contributed by atoms with E-state index >= 15 is 0 Å². The summed E-state index contributed by atoms with van der Waals surface area (Å²) in [7, 11) is 0. The van der Waals surface area contributed by atoms with Gasteiger partial charge in [-0.3, -0.25) is 9.59 Å². The number of amides is 2. The first kappa shape index (κ1) is 18.2. The average molecular weight is 330 g/mol. The van der Waals surface area contributed by atoms with Crippen LogP contribution in [0.25, 0.3) is 0 Å². The van der Waals surface area contributed by atoms with E-state index in [-0.39, 0.29) is 24.3 Å². The molecule has 0 bridgehead atoms. The number of hydrogen-bond donors (Lipinski definition) is 1. The van der Waals surface area contributed by atoms with Crippen LogP contribution in [0.4, 0.5) is 5.69 Å². The molecule has 1 aromatic carbocycles. The fraction of sp³-hybridized carbons (Fsp3) is 0.474. The molecule has 1 saturated heterocycles. The summed E-state index contributed by atoms with van der Waals surface area (Å²) >= 11 is 0. The van der Waals surface area contributed by atoms with Crippen LogP contribution in [0.3, 0.4) is 0 Å². The van der Waals surface area contributed by atoms with E-state index < -0.39 is 0 Å². The highest BCUT2D eigenvalue weighted by molar-refractivity contribution is 5.99. The molecule has 0 aromatic heterocycles.